The topological polar surface area (TPSA) is 132 Å². The number of nitro benzene ring substituents is 1. The fourth-order valence-corrected chi connectivity index (χ4v) is 1.92. The van der Waals surface area contributed by atoms with E-state index in [0.717, 1.165) is 12.1 Å². The zero-order valence-corrected chi connectivity index (χ0v) is 11.0. The molecular weight excluding hydrogens is 293 g/mol. The van der Waals surface area contributed by atoms with Crippen LogP contribution >= 0.6 is 0 Å². The van der Waals surface area contributed by atoms with Gasteiger partial charge in [0.1, 0.15) is 5.82 Å². The highest BCUT2D eigenvalue weighted by Gasteiger charge is 2.15. The molecule has 0 heterocycles. The Kier molecular flexibility index (Phi) is 5.11. The predicted octanol–water partition coefficient (Wildman–Crippen LogP) is 0.142. The smallest absolute Gasteiger partial charge is 0.272 e. The number of carbonyl (C=O) groups is 1. The number of sulfonamides is 1. The minimum atomic E-state index is -3.61. The maximum Gasteiger partial charge on any atom is 0.272 e. The molecule has 0 fully saturated rings. The van der Waals surface area contributed by atoms with Crippen LogP contribution in [0.25, 0.3) is 0 Å². The number of nitrogens with one attached hydrogen (secondary N) is 1. The Morgan fingerprint density at radius 2 is 2.10 bits per heavy atom. The van der Waals surface area contributed by atoms with Crippen molar-refractivity contribution in [3.8, 4) is 0 Å². The van der Waals surface area contributed by atoms with Crippen LogP contribution in [-0.4, -0.2) is 31.5 Å². The normalized spacial score (nSPS) is 11.1. The van der Waals surface area contributed by atoms with E-state index in [1.54, 1.807) is 0 Å². The molecule has 0 bridgehead atoms. The van der Waals surface area contributed by atoms with Gasteiger partial charge in [0.25, 0.3) is 11.6 Å². The van der Waals surface area contributed by atoms with Gasteiger partial charge in [-0.15, -0.1) is 0 Å². The van der Waals surface area contributed by atoms with Crippen molar-refractivity contribution in [3.05, 3.63) is 39.7 Å². The summed E-state index contributed by atoms with van der Waals surface area (Å²) in [5, 5.41) is 17.5. The van der Waals surface area contributed by atoms with Gasteiger partial charge in [0.2, 0.25) is 10.0 Å². The van der Waals surface area contributed by atoms with E-state index in [2.05, 4.69) is 5.32 Å². The number of halogens is 1. The number of nitrogens with zero attached hydrogens (tertiary/aromatic N) is 1. The number of hydrogen-bond donors (Lipinski definition) is 2. The van der Waals surface area contributed by atoms with Crippen molar-refractivity contribution in [3.63, 3.8) is 0 Å². The summed E-state index contributed by atoms with van der Waals surface area (Å²) < 4.78 is 34.8. The van der Waals surface area contributed by atoms with Crippen molar-refractivity contribution in [2.45, 2.75) is 6.42 Å². The third-order valence-electron chi connectivity index (χ3n) is 2.30. The van der Waals surface area contributed by atoms with Gasteiger partial charge >= 0.3 is 0 Å². The van der Waals surface area contributed by atoms with Gasteiger partial charge in [-0.2, -0.15) is 0 Å². The summed E-state index contributed by atoms with van der Waals surface area (Å²) in [4.78, 5) is 21.2. The van der Waals surface area contributed by atoms with Gasteiger partial charge in [0.15, 0.2) is 0 Å². The van der Waals surface area contributed by atoms with Crippen LogP contribution in [0.5, 0.6) is 0 Å². The average molecular weight is 305 g/mol. The monoisotopic (exact) mass is 305 g/mol. The highest BCUT2D eigenvalue weighted by Crippen LogP contribution is 2.16. The number of nitro groups is 1. The van der Waals surface area contributed by atoms with Crippen LogP contribution in [-0.2, 0) is 10.0 Å². The van der Waals surface area contributed by atoms with E-state index in [0.29, 0.717) is 6.07 Å². The Labute approximate surface area is 114 Å². The van der Waals surface area contributed by atoms with Gasteiger partial charge in [0, 0.05) is 12.6 Å². The highest BCUT2D eigenvalue weighted by molar-refractivity contribution is 7.89. The first-order valence-electron chi connectivity index (χ1n) is 5.43. The number of hydrogen-bond acceptors (Lipinski definition) is 5. The molecule has 0 aromatic heterocycles. The lowest BCUT2D eigenvalue weighted by Crippen LogP contribution is -2.28. The third-order valence-corrected chi connectivity index (χ3v) is 3.16. The summed E-state index contributed by atoms with van der Waals surface area (Å²) in [6.07, 6.45) is 0.0825. The van der Waals surface area contributed by atoms with Crippen LogP contribution in [0.3, 0.4) is 0 Å². The number of nitrogens with two attached hydrogens (primary N) is 1. The molecule has 0 aliphatic heterocycles. The molecule has 0 atom stereocenters. The number of primary sulfonamides is 1. The van der Waals surface area contributed by atoms with Crippen molar-refractivity contribution >= 4 is 21.6 Å². The van der Waals surface area contributed by atoms with Crippen LogP contribution < -0.4 is 10.5 Å². The molecule has 0 aliphatic rings. The average Bonchev–Trinajstić information content (AvgIpc) is 2.33. The first kappa shape index (κ1) is 16.0. The number of carbonyl (C=O) groups excluding carboxylic acids is 1. The third kappa shape index (κ3) is 4.90. The molecule has 1 aromatic carbocycles. The predicted molar refractivity (Wildman–Crippen MR) is 68.0 cm³/mol. The van der Waals surface area contributed by atoms with Crippen LogP contribution in [0.2, 0.25) is 0 Å². The molecule has 10 heteroatoms. The van der Waals surface area contributed by atoms with Crippen LogP contribution in [0.15, 0.2) is 18.2 Å². The Balaban J connectivity index is 2.62. The van der Waals surface area contributed by atoms with Gasteiger partial charge in [-0.25, -0.2) is 17.9 Å². The van der Waals surface area contributed by atoms with E-state index in [1.165, 1.54) is 0 Å². The number of rotatable bonds is 6. The van der Waals surface area contributed by atoms with Gasteiger partial charge in [-0.05, 0) is 12.5 Å². The second-order valence-corrected chi connectivity index (χ2v) is 5.63. The molecule has 1 amide bonds. The second kappa shape index (κ2) is 6.39. The maximum absolute atomic E-state index is 13.5. The summed E-state index contributed by atoms with van der Waals surface area (Å²) >= 11 is 0. The Morgan fingerprint density at radius 3 is 2.60 bits per heavy atom. The van der Waals surface area contributed by atoms with Gasteiger partial charge < -0.3 is 5.32 Å². The van der Waals surface area contributed by atoms with Crippen molar-refractivity contribution in [1.29, 1.82) is 0 Å². The van der Waals surface area contributed by atoms with Crippen LogP contribution in [0.4, 0.5) is 10.1 Å². The van der Waals surface area contributed by atoms with E-state index in [9.17, 15) is 27.7 Å². The fourth-order valence-electron chi connectivity index (χ4n) is 1.37. The Bertz CT molecular complexity index is 632. The van der Waals surface area contributed by atoms with E-state index in [-0.39, 0.29) is 24.3 Å². The minimum Gasteiger partial charge on any atom is -0.352 e. The van der Waals surface area contributed by atoms with Gasteiger partial charge in [0.05, 0.1) is 22.3 Å². The number of benzene rings is 1. The molecule has 8 nitrogen and oxygen atoms in total. The SMILES string of the molecule is NS(=O)(=O)CCCNC(=O)c1ccc([N+](=O)[O-])cc1F. The van der Waals surface area contributed by atoms with Crippen molar-refractivity contribution in [2.24, 2.45) is 5.14 Å². The zero-order chi connectivity index (χ0) is 15.3. The first-order chi connectivity index (χ1) is 9.20. The molecule has 0 radical (unpaired) electrons. The minimum absolute atomic E-state index is 0.00824. The van der Waals surface area contributed by atoms with E-state index in [4.69, 9.17) is 5.14 Å². The lowest BCUT2D eigenvalue weighted by atomic mass is 10.2. The van der Waals surface area contributed by atoms with Crippen molar-refractivity contribution in [2.75, 3.05) is 12.3 Å². The molecule has 0 saturated heterocycles. The number of amides is 1. The van der Waals surface area contributed by atoms with E-state index < -0.39 is 32.4 Å². The fraction of sp³-hybridized carbons (Fsp3) is 0.300. The molecule has 0 aliphatic carbocycles. The largest absolute Gasteiger partial charge is 0.352 e. The molecule has 1 rings (SSSR count). The van der Waals surface area contributed by atoms with E-state index >= 15 is 0 Å². The summed E-state index contributed by atoms with van der Waals surface area (Å²) in [5.41, 5.74) is -0.820. The standard InChI is InChI=1S/C10H12FN3O5S/c11-9-6-7(14(16)17)2-3-8(9)10(15)13-4-1-5-20(12,18)19/h2-3,6H,1,4-5H2,(H,13,15)(H2,12,18,19). The molecule has 0 spiro atoms. The van der Waals surface area contributed by atoms with Gasteiger partial charge in [-0.1, -0.05) is 0 Å². The lowest BCUT2D eigenvalue weighted by molar-refractivity contribution is -0.385. The summed E-state index contributed by atoms with van der Waals surface area (Å²) in [6, 6.07) is 2.63. The molecule has 110 valence electrons. The summed E-state index contributed by atoms with van der Waals surface area (Å²) in [6.45, 7) is -0.00824. The number of non-ortho nitro benzene ring substituents is 1. The molecule has 1 aromatic rings. The highest BCUT2D eigenvalue weighted by atomic mass is 32.2. The lowest BCUT2D eigenvalue weighted by Gasteiger charge is -2.05. The zero-order valence-electron chi connectivity index (χ0n) is 10.2. The van der Waals surface area contributed by atoms with Crippen LogP contribution in [0.1, 0.15) is 16.8 Å². The second-order valence-electron chi connectivity index (χ2n) is 3.90. The summed E-state index contributed by atoms with van der Waals surface area (Å²) in [5.74, 6) is -2.12. The quantitative estimate of drug-likeness (QED) is 0.438. The Morgan fingerprint density at radius 1 is 1.45 bits per heavy atom. The molecule has 20 heavy (non-hydrogen) atoms. The van der Waals surface area contributed by atoms with Crippen molar-refractivity contribution in [1.82, 2.24) is 5.32 Å². The Hall–Kier alpha value is -2.07. The van der Waals surface area contributed by atoms with Crippen LogP contribution in [0, 0.1) is 15.9 Å². The van der Waals surface area contributed by atoms with Crippen molar-refractivity contribution < 1.29 is 22.5 Å². The maximum atomic E-state index is 13.5. The molecule has 0 saturated carbocycles. The van der Waals surface area contributed by atoms with E-state index in [1.807, 2.05) is 0 Å². The molecule has 0 unspecified atom stereocenters. The molecular formula is C10H12FN3O5S. The van der Waals surface area contributed by atoms with Gasteiger partial charge in [-0.3, -0.25) is 14.9 Å². The summed E-state index contributed by atoms with van der Waals surface area (Å²) in [7, 11) is -3.61. The first-order valence-corrected chi connectivity index (χ1v) is 7.15. The molecule has 3 N–H and O–H groups in total.